The van der Waals surface area contributed by atoms with Crippen LogP contribution in [0.25, 0.3) is 0 Å². The lowest BCUT2D eigenvalue weighted by Gasteiger charge is -2.61. The molecule has 4 aliphatic rings. The van der Waals surface area contributed by atoms with Gasteiger partial charge in [0.2, 0.25) is 5.91 Å². The molecule has 0 saturated heterocycles. The van der Waals surface area contributed by atoms with Gasteiger partial charge in [-0.1, -0.05) is 17.7 Å². The summed E-state index contributed by atoms with van der Waals surface area (Å²) in [4.78, 5) is 24.1. The average molecular weight is 592 g/mol. The molecule has 4 fully saturated rings. The quantitative estimate of drug-likeness (QED) is 0.271. The van der Waals surface area contributed by atoms with E-state index in [1.807, 2.05) is 4.68 Å². The maximum Gasteiger partial charge on any atom is 0.404 e. The van der Waals surface area contributed by atoms with Crippen LogP contribution in [0.15, 0.2) is 41.3 Å². The molecule has 2 aromatic heterocycles. The Morgan fingerprint density at radius 1 is 1.27 bits per heavy atom. The van der Waals surface area contributed by atoms with Crippen molar-refractivity contribution in [2.45, 2.75) is 57.0 Å². The fourth-order valence-corrected chi connectivity index (χ4v) is 8.12. The molecule has 2 unspecified atom stereocenters. The summed E-state index contributed by atoms with van der Waals surface area (Å²) in [6.07, 6.45) is 11.3. The van der Waals surface area contributed by atoms with E-state index in [0.29, 0.717) is 40.0 Å². The molecule has 3 aromatic rings. The number of nitrogens with zero attached hydrogens (tertiary/aromatic N) is 5. The fraction of sp³-hybridized carbons (Fsp3) is 0.480. The first-order chi connectivity index (χ1) is 17.6. The van der Waals surface area contributed by atoms with Gasteiger partial charge in [0.05, 0.1) is 35.3 Å². The highest BCUT2D eigenvalue weighted by atomic mass is 79.9. The van der Waals surface area contributed by atoms with Crippen LogP contribution in [-0.2, 0) is 16.9 Å². The van der Waals surface area contributed by atoms with Gasteiger partial charge in [0, 0.05) is 17.6 Å². The number of anilines is 1. The van der Waals surface area contributed by atoms with Crippen molar-refractivity contribution in [3.05, 3.63) is 67.8 Å². The van der Waals surface area contributed by atoms with Crippen molar-refractivity contribution in [2.24, 2.45) is 17.3 Å². The highest BCUT2D eigenvalue weighted by molar-refractivity contribution is 9.10. The summed E-state index contributed by atoms with van der Waals surface area (Å²) >= 11 is 9.43. The fourth-order valence-electron chi connectivity index (χ4n) is 7.47. The molecule has 4 saturated carbocycles. The Kier molecular flexibility index (Phi) is 5.91. The molecular weight excluding hydrogens is 567 g/mol. The Hall–Kier alpha value is -2.79. The minimum atomic E-state index is -0.464. The second kappa shape index (κ2) is 8.90. The van der Waals surface area contributed by atoms with Crippen molar-refractivity contribution in [1.82, 2.24) is 19.6 Å². The third-order valence-corrected chi connectivity index (χ3v) is 9.17. The molecule has 4 bridgehead atoms. The van der Waals surface area contributed by atoms with Crippen LogP contribution in [0.5, 0.6) is 0 Å². The molecule has 1 aromatic carbocycles. The van der Waals surface area contributed by atoms with Crippen LogP contribution < -0.4 is 5.32 Å². The Morgan fingerprint density at radius 2 is 2.03 bits per heavy atom. The number of hydrogen-bond acceptors (Lipinski definition) is 5. The van der Waals surface area contributed by atoms with Crippen molar-refractivity contribution >= 4 is 44.9 Å². The summed E-state index contributed by atoms with van der Waals surface area (Å²) in [5.74, 6) is 0.344. The Bertz CT molecular complexity index is 1390. The van der Waals surface area contributed by atoms with Gasteiger partial charge in [0.25, 0.3) is 0 Å². The van der Waals surface area contributed by atoms with E-state index in [1.165, 1.54) is 12.1 Å². The number of benzene rings is 1. The van der Waals surface area contributed by atoms with E-state index in [2.05, 4.69) is 31.4 Å². The smallest absolute Gasteiger partial charge is 0.358 e. The van der Waals surface area contributed by atoms with E-state index in [1.54, 1.807) is 29.3 Å². The predicted octanol–water partition coefficient (Wildman–Crippen LogP) is 5.92. The number of carbonyl (C=O) groups is 1. The van der Waals surface area contributed by atoms with Crippen molar-refractivity contribution in [1.29, 1.82) is 0 Å². The standard InChI is InChI=1S/C25H25BrClFN6O3/c26-20-13-33(31-23(20)34(36)37)25-7-15-3-16(8-25)6-24(5-15,14-25)9-22(35)30-19-10-29-32(12-19)11-17-1-2-18(28)4-21(17)27/h1-2,4,10,12-13,15-16H,3,5-9,11,14H2,(H,30,35). The zero-order valence-electron chi connectivity index (χ0n) is 19.9. The summed E-state index contributed by atoms with van der Waals surface area (Å²) in [5.41, 5.74) is 0.877. The summed E-state index contributed by atoms with van der Waals surface area (Å²) < 4.78 is 17.2. The number of rotatable bonds is 7. The number of nitrogens with one attached hydrogen (secondary N) is 1. The van der Waals surface area contributed by atoms with Gasteiger partial charge in [0.15, 0.2) is 0 Å². The van der Waals surface area contributed by atoms with Crippen LogP contribution in [0.1, 0.15) is 50.5 Å². The molecule has 4 aliphatic carbocycles. The largest absolute Gasteiger partial charge is 0.404 e. The van der Waals surface area contributed by atoms with Crippen LogP contribution in [0, 0.1) is 33.2 Å². The third-order valence-electron chi connectivity index (χ3n) is 8.26. The molecule has 2 heterocycles. The van der Waals surface area contributed by atoms with Gasteiger partial charge >= 0.3 is 5.82 Å². The topological polar surface area (TPSA) is 108 Å². The zero-order chi connectivity index (χ0) is 25.9. The Balaban J connectivity index is 1.16. The summed E-state index contributed by atoms with van der Waals surface area (Å²) in [6.45, 7) is 0.358. The number of halogens is 3. The minimum absolute atomic E-state index is 0.0657. The Labute approximate surface area is 225 Å². The van der Waals surface area contributed by atoms with E-state index >= 15 is 0 Å². The number of carbonyl (C=O) groups excluding carboxylic acids is 1. The molecule has 1 N–H and O–H groups in total. The first-order valence-corrected chi connectivity index (χ1v) is 13.5. The molecule has 12 heteroatoms. The van der Waals surface area contributed by atoms with E-state index in [9.17, 15) is 19.3 Å². The second-order valence-corrected chi connectivity index (χ2v) is 12.3. The monoisotopic (exact) mass is 590 g/mol. The normalized spacial score (nSPS) is 28.0. The lowest BCUT2D eigenvalue weighted by atomic mass is 9.46. The van der Waals surface area contributed by atoms with Crippen LogP contribution in [-0.4, -0.2) is 30.4 Å². The maximum atomic E-state index is 13.3. The lowest BCUT2D eigenvalue weighted by Crippen LogP contribution is -2.57. The third kappa shape index (κ3) is 4.56. The number of hydrogen-bond donors (Lipinski definition) is 1. The minimum Gasteiger partial charge on any atom is -0.358 e. The molecule has 194 valence electrons. The molecule has 0 spiro atoms. The van der Waals surface area contributed by atoms with Crippen molar-refractivity contribution in [2.75, 3.05) is 5.32 Å². The maximum absolute atomic E-state index is 13.3. The van der Waals surface area contributed by atoms with Gasteiger partial charge < -0.3 is 15.4 Å². The van der Waals surface area contributed by atoms with Crippen LogP contribution in [0.3, 0.4) is 0 Å². The average Bonchev–Trinajstić information content (AvgIpc) is 3.41. The van der Waals surface area contributed by atoms with E-state index in [-0.39, 0.29) is 22.7 Å². The number of aromatic nitrogens is 4. The molecular formula is C25H25BrClFN6O3. The Morgan fingerprint density at radius 3 is 2.70 bits per heavy atom. The van der Waals surface area contributed by atoms with Crippen LogP contribution >= 0.6 is 27.5 Å². The van der Waals surface area contributed by atoms with Gasteiger partial charge in [-0.2, -0.15) is 9.78 Å². The summed E-state index contributed by atoms with van der Waals surface area (Å²) in [5, 5.41) is 23.4. The first kappa shape index (κ1) is 24.5. The van der Waals surface area contributed by atoms with Crippen molar-refractivity contribution in [3.63, 3.8) is 0 Å². The van der Waals surface area contributed by atoms with Gasteiger partial charge in [-0.3, -0.25) is 9.48 Å². The summed E-state index contributed by atoms with van der Waals surface area (Å²) in [7, 11) is 0. The molecule has 1 amide bonds. The van der Waals surface area contributed by atoms with Crippen LogP contribution in [0.4, 0.5) is 15.9 Å². The highest BCUT2D eigenvalue weighted by Crippen LogP contribution is 2.65. The molecule has 37 heavy (non-hydrogen) atoms. The number of nitro groups is 1. The van der Waals surface area contributed by atoms with Gasteiger partial charge in [-0.15, -0.1) is 0 Å². The molecule has 7 rings (SSSR count). The van der Waals surface area contributed by atoms with E-state index < -0.39 is 10.7 Å². The number of amides is 1. The van der Waals surface area contributed by atoms with Crippen LogP contribution in [0.2, 0.25) is 5.02 Å². The SMILES string of the molecule is O=C(CC12CC3CC(C1)CC(n1cc(Br)c([N+](=O)[O-])n1)(C3)C2)Nc1cnn(Cc2ccc(F)cc2Cl)c1. The van der Waals surface area contributed by atoms with Gasteiger partial charge in [-0.25, -0.2) is 4.39 Å². The zero-order valence-corrected chi connectivity index (χ0v) is 22.2. The van der Waals surface area contributed by atoms with Crippen molar-refractivity contribution in [3.8, 4) is 0 Å². The van der Waals surface area contributed by atoms with E-state index in [0.717, 1.165) is 44.1 Å². The molecule has 2 atom stereocenters. The molecule has 9 nitrogen and oxygen atoms in total. The second-order valence-electron chi connectivity index (χ2n) is 11.1. The first-order valence-electron chi connectivity index (χ1n) is 12.3. The van der Waals surface area contributed by atoms with E-state index in [4.69, 9.17) is 11.6 Å². The van der Waals surface area contributed by atoms with Gasteiger partial charge in [0.1, 0.15) is 10.3 Å². The molecule has 0 radical (unpaired) electrons. The lowest BCUT2D eigenvalue weighted by molar-refractivity contribution is -0.390. The molecule has 0 aliphatic heterocycles. The van der Waals surface area contributed by atoms with Gasteiger partial charge in [-0.05, 0) is 94.3 Å². The predicted molar refractivity (Wildman–Crippen MR) is 138 cm³/mol. The highest BCUT2D eigenvalue weighted by Gasteiger charge is 2.60. The van der Waals surface area contributed by atoms with Crippen molar-refractivity contribution < 1.29 is 14.1 Å². The summed E-state index contributed by atoms with van der Waals surface area (Å²) in [6, 6.07) is 4.24.